The molecule has 22 heavy (non-hydrogen) atoms. The summed E-state index contributed by atoms with van der Waals surface area (Å²) in [6, 6.07) is 9.37. The summed E-state index contributed by atoms with van der Waals surface area (Å²) < 4.78 is 68.8. The second kappa shape index (κ2) is 5.88. The summed E-state index contributed by atoms with van der Waals surface area (Å²) in [4.78, 5) is -0.253. The molecule has 4 nitrogen and oxygen atoms in total. The molecule has 0 spiro atoms. The van der Waals surface area contributed by atoms with Crippen LogP contribution in [0.25, 0.3) is 0 Å². The summed E-state index contributed by atoms with van der Waals surface area (Å²) in [7, 11) is -2.48. The third-order valence-corrected chi connectivity index (χ3v) is 4.23. The lowest BCUT2D eigenvalue weighted by molar-refractivity contribution is -0.137. The number of rotatable bonds is 4. The SMILES string of the molecule is COc1ccc(NS(=O)(=O)c2ccc(C(F)(F)F)cc2)cc1. The van der Waals surface area contributed by atoms with Crippen molar-refractivity contribution in [2.24, 2.45) is 0 Å². The zero-order chi connectivity index (χ0) is 16.4. The Morgan fingerprint density at radius 1 is 0.955 bits per heavy atom. The lowest BCUT2D eigenvalue weighted by Gasteiger charge is -2.10. The number of hydrogen-bond donors (Lipinski definition) is 1. The molecule has 1 N–H and O–H groups in total. The number of anilines is 1. The van der Waals surface area contributed by atoms with Crippen LogP contribution in [0.2, 0.25) is 0 Å². The second-order valence-electron chi connectivity index (χ2n) is 4.36. The molecule has 0 bridgehead atoms. The molecule has 8 heteroatoms. The van der Waals surface area contributed by atoms with Gasteiger partial charge in [0.25, 0.3) is 10.0 Å². The van der Waals surface area contributed by atoms with Crippen molar-refractivity contribution >= 4 is 15.7 Å². The van der Waals surface area contributed by atoms with Crippen molar-refractivity contribution < 1.29 is 26.3 Å². The van der Waals surface area contributed by atoms with Gasteiger partial charge in [-0.15, -0.1) is 0 Å². The van der Waals surface area contributed by atoms with Gasteiger partial charge in [-0.2, -0.15) is 13.2 Å². The summed E-state index contributed by atoms with van der Waals surface area (Å²) in [6.45, 7) is 0. The molecule has 2 aromatic rings. The van der Waals surface area contributed by atoms with E-state index in [-0.39, 0.29) is 10.6 Å². The molecule has 0 saturated carbocycles. The van der Waals surface area contributed by atoms with Crippen molar-refractivity contribution in [2.45, 2.75) is 11.1 Å². The molecular weight excluding hydrogens is 319 g/mol. The van der Waals surface area contributed by atoms with Crippen molar-refractivity contribution in [1.29, 1.82) is 0 Å². The van der Waals surface area contributed by atoms with Gasteiger partial charge in [0.05, 0.1) is 17.6 Å². The first-order chi connectivity index (χ1) is 10.2. The van der Waals surface area contributed by atoms with Gasteiger partial charge in [0.1, 0.15) is 5.75 Å². The molecule has 2 aromatic carbocycles. The van der Waals surface area contributed by atoms with Crippen molar-refractivity contribution in [3.05, 3.63) is 54.1 Å². The Labute approximate surface area is 125 Å². The summed E-state index contributed by atoms with van der Waals surface area (Å²) in [6.07, 6.45) is -4.51. The maximum atomic E-state index is 12.5. The molecular formula is C14H12F3NO3S. The molecule has 0 amide bonds. The highest BCUT2D eigenvalue weighted by atomic mass is 32.2. The number of nitrogens with one attached hydrogen (secondary N) is 1. The molecule has 0 fully saturated rings. The van der Waals surface area contributed by atoms with Gasteiger partial charge >= 0.3 is 6.18 Å². The first kappa shape index (κ1) is 16.2. The van der Waals surface area contributed by atoms with Crippen LogP contribution in [0, 0.1) is 0 Å². The zero-order valence-corrected chi connectivity index (χ0v) is 12.2. The zero-order valence-electron chi connectivity index (χ0n) is 11.4. The lowest BCUT2D eigenvalue weighted by atomic mass is 10.2. The van der Waals surface area contributed by atoms with Crippen molar-refractivity contribution in [3.8, 4) is 5.75 Å². The predicted molar refractivity (Wildman–Crippen MR) is 75.2 cm³/mol. The van der Waals surface area contributed by atoms with Gasteiger partial charge < -0.3 is 4.74 Å². The van der Waals surface area contributed by atoms with E-state index < -0.39 is 21.8 Å². The molecule has 0 aliphatic heterocycles. The van der Waals surface area contributed by atoms with E-state index in [1.165, 1.54) is 19.2 Å². The van der Waals surface area contributed by atoms with Crippen LogP contribution in [-0.4, -0.2) is 15.5 Å². The Bertz CT molecular complexity index is 738. The normalized spacial score (nSPS) is 12.0. The lowest BCUT2D eigenvalue weighted by Crippen LogP contribution is -2.13. The fourth-order valence-corrected chi connectivity index (χ4v) is 2.75. The van der Waals surface area contributed by atoms with Gasteiger partial charge in [0.2, 0.25) is 0 Å². The number of alkyl halides is 3. The Morgan fingerprint density at radius 3 is 1.95 bits per heavy atom. The molecule has 0 heterocycles. The second-order valence-corrected chi connectivity index (χ2v) is 6.04. The topological polar surface area (TPSA) is 55.4 Å². The van der Waals surface area contributed by atoms with E-state index in [1.54, 1.807) is 12.1 Å². The van der Waals surface area contributed by atoms with E-state index in [0.29, 0.717) is 5.75 Å². The molecule has 2 rings (SSSR count). The van der Waals surface area contributed by atoms with E-state index >= 15 is 0 Å². The highest BCUT2D eigenvalue weighted by Crippen LogP contribution is 2.30. The summed E-state index contributed by atoms with van der Waals surface area (Å²) in [5, 5.41) is 0. The fourth-order valence-electron chi connectivity index (χ4n) is 1.70. The third kappa shape index (κ3) is 3.70. The van der Waals surface area contributed by atoms with Crippen LogP contribution in [0.4, 0.5) is 18.9 Å². The molecule has 0 aliphatic carbocycles. The molecule has 0 aliphatic rings. The van der Waals surface area contributed by atoms with E-state index in [9.17, 15) is 21.6 Å². The monoisotopic (exact) mass is 331 g/mol. The Balaban J connectivity index is 2.22. The molecule has 0 aromatic heterocycles. The van der Waals surface area contributed by atoms with Gasteiger partial charge in [-0.05, 0) is 48.5 Å². The van der Waals surface area contributed by atoms with Gasteiger partial charge in [-0.25, -0.2) is 8.42 Å². The number of hydrogen-bond acceptors (Lipinski definition) is 3. The van der Waals surface area contributed by atoms with E-state index in [4.69, 9.17) is 4.74 Å². The highest BCUT2D eigenvalue weighted by Gasteiger charge is 2.30. The largest absolute Gasteiger partial charge is 0.497 e. The van der Waals surface area contributed by atoms with E-state index in [0.717, 1.165) is 24.3 Å². The average Bonchev–Trinajstić information content (AvgIpc) is 2.47. The minimum absolute atomic E-state index is 0.253. The third-order valence-electron chi connectivity index (χ3n) is 2.83. The summed E-state index contributed by atoms with van der Waals surface area (Å²) in [5.41, 5.74) is -0.628. The smallest absolute Gasteiger partial charge is 0.416 e. The molecule has 0 radical (unpaired) electrons. The quantitative estimate of drug-likeness (QED) is 0.933. The first-order valence-corrected chi connectivity index (χ1v) is 7.55. The Hall–Kier alpha value is -2.22. The molecule has 0 atom stereocenters. The molecule has 0 saturated heterocycles. The van der Waals surface area contributed by atoms with Crippen LogP contribution < -0.4 is 9.46 Å². The van der Waals surface area contributed by atoms with Crippen LogP contribution in [0.5, 0.6) is 5.75 Å². The highest BCUT2D eigenvalue weighted by molar-refractivity contribution is 7.92. The van der Waals surface area contributed by atoms with Crippen LogP contribution in [-0.2, 0) is 16.2 Å². The van der Waals surface area contributed by atoms with E-state index in [2.05, 4.69) is 4.72 Å². The molecule has 0 unspecified atom stereocenters. The van der Waals surface area contributed by atoms with Crippen molar-refractivity contribution in [3.63, 3.8) is 0 Å². The number of benzene rings is 2. The molecule has 118 valence electrons. The Kier molecular flexibility index (Phi) is 4.32. The van der Waals surface area contributed by atoms with Gasteiger partial charge in [-0.1, -0.05) is 0 Å². The maximum Gasteiger partial charge on any atom is 0.416 e. The number of ether oxygens (including phenoxy) is 1. The number of sulfonamides is 1. The van der Waals surface area contributed by atoms with Crippen molar-refractivity contribution in [2.75, 3.05) is 11.8 Å². The minimum atomic E-state index is -4.51. The van der Waals surface area contributed by atoms with Crippen LogP contribution in [0.15, 0.2) is 53.4 Å². The number of methoxy groups -OCH3 is 1. The Morgan fingerprint density at radius 2 is 1.50 bits per heavy atom. The average molecular weight is 331 g/mol. The van der Waals surface area contributed by atoms with Crippen molar-refractivity contribution in [1.82, 2.24) is 0 Å². The minimum Gasteiger partial charge on any atom is -0.497 e. The van der Waals surface area contributed by atoms with E-state index in [1.807, 2.05) is 0 Å². The van der Waals surface area contributed by atoms with Crippen LogP contribution in [0.1, 0.15) is 5.56 Å². The van der Waals surface area contributed by atoms with Gasteiger partial charge in [0, 0.05) is 5.69 Å². The van der Waals surface area contributed by atoms with Crippen LogP contribution >= 0.6 is 0 Å². The summed E-state index contributed by atoms with van der Waals surface area (Å²) >= 11 is 0. The fraction of sp³-hybridized carbons (Fsp3) is 0.143. The van der Waals surface area contributed by atoms with Crippen LogP contribution in [0.3, 0.4) is 0 Å². The standard InChI is InChI=1S/C14H12F3NO3S/c1-21-12-6-4-11(5-7-12)18-22(19,20)13-8-2-10(3-9-13)14(15,16)17/h2-9,18H,1H3. The maximum absolute atomic E-state index is 12.5. The van der Waals surface area contributed by atoms with Gasteiger partial charge in [0.15, 0.2) is 0 Å². The first-order valence-electron chi connectivity index (χ1n) is 6.06. The number of halogens is 3. The summed E-state index contributed by atoms with van der Waals surface area (Å²) in [5.74, 6) is 0.553. The predicted octanol–water partition coefficient (Wildman–Crippen LogP) is 3.51. The van der Waals surface area contributed by atoms with Gasteiger partial charge in [-0.3, -0.25) is 4.72 Å².